The molecule has 8 aromatic carbocycles. The molecule has 12 rings (SSSR count). The van der Waals surface area contributed by atoms with Gasteiger partial charge in [-0.2, -0.15) is 0 Å². The molecule has 0 amide bonds. The average molecular weight is 700 g/mol. The van der Waals surface area contributed by atoms with E-state index in [-0.39, 0.29) is 0 Å². The van der Waals surface area contributed by atoms with E-state index in [4.69, 9.17) is 19.9 Å². The van der Waals surface area contributed by atoms with E-state index in [0.717, 1.165) is 71.7 Å². The Morgan fingerprint density at radius 2 is 0.873 bits per heavy atom. The van der Waals surface area contributed by atoms with Crippen LogP contribution in [0.4, 0.5) is 0 Å². The van der Waals surface area contributed by atoms with Crippen molar-refractivity contribution >= 4 is 70.7 Å². The standard InChI is InChI=1S/C50H29N5/c1-3-13-31(14-4-1)46-37-19-7-9-22-41(37)51-49(53-46)33-25-26-35-39-27-34(50-52-42-23-10-8-20-38(42)47(54-50)32-15-5-2-6-16-32)28-40-36-21-11-17-30-18-12-24-43(45(30)36)55(48(39)40)44(35)29-33/h1-29H. The molecule has 12 aromatic rings. The van der Waals surface area contributed by atoms with E-state index in [1.165, 1.54) is 32.6 Å². The second-order valence-corrected chi connectivity index (χ2v) is 14.2. The highest BCUT2D eigenvalue weighted by atomic mass is 14.9. The van der Waals surface area contributed by atoms with Gasteiger partial charge in [-0.15, -0.1) is 0 Å². The monoisotopic (exact) mass is 699 g/mol. The van der Waals surface area contributed by atoms with Crippen LogP contribution in [0.3, 0.4) is 0 Å². The van der Waals surface area contributed by atoms with Gasteiger partial charge in [0.15, 0.2) is 11.6 Å². The molecule has 0 spiro atoms. The van der Waals surface area contributed by atoms with Gasteiger partial charge in [0.05, 0.1) is 39.0 Å². The van der Waals surface area contributed by atoms with E-state index in [0.29, 0.717) is 11.6 Å². The first-order valence-corrected chi connectivity index (χ1v) is 18.6. The average Bonchev–Trinajstić information content (AvgIpc) is 3.59. The van der Waals surface area contributed by atoms with Gasteiger partial charge in [-0.1, -0.05) is 140 Å². The maximum Gasteiger partial charge on any atom is 0.160 e. The molecule has 0 saturated heterocycles. The van der Waals surface area contributed by atoms with Crippen molar-refractivity contribution < 1.29 is 0 Å². The van der Waals surface area contributed by atoms with E-state index in [1.54, 1.807) is 0 Å². The van der Waals surface area contributed by atoms with Crippen molar-refractivity contribution in [2.75, 3.05) is 0 Å². The van der Waals surface area contributed by atoms with Crippen LogP contribution >= 0.6 is 0 Å². The lowest BCUT2D eigenvalue weighted by Gasteiger charge is -2.14. The number of fused-ring (bicyclic) bond motifs is 7. The highest BCUT2D eigenvalue weighted by Crippen LogP contribution is 2.43. The summed E-state index contributed by atoms with van der Waals surface area (Å²) in [5.41, 5.74) is 11.2. The second-order valence-electron chi connectivity index (χ2n) is 14.2. The zero-order valence-corrected chi connectivity index (χ0v) is 29.5. The van der Waals surface area contributed by atoms with Crippen LogP contribution in [0.25, 0.3) is 116 Å². The molecule has 55 heavy (non-hydrogen) atoms. The quantitative estimate of drug-likeness (QED) is 0.136. The van der Waals surface area contributed by atoms with Crippen LogP contribution in [0.2, 0.25) is 0 Å². The van der Waals surface area contributed by atoms with Crippen LogP contribution in [-0.4, -0.2) is 24.3 Å². The van der Waals surface area contributed by atoms with Crippen molar-refractivity contribution in [2.45, 2.75) is 0 Å². The molecule has 4 aromatic heterocycles. The molecule has 254 valence electrons. The van der Waals surface area contributed by atoms with Gasteiger partial charge >= 0.3 is 0 Å². The molecular formula is C50H29N5. The SMILES string of the molecule is c1ccc(-c2nc(-c3cc4c5cccc6cccc(c65)n5c6cc(-c7nc(-c8ccccc8)c8ccccc8n7)ccc6c(c3)c45)nc3ccccc23)cc1. The number of benzene rings is 8. The minimum Gasteiger partial charge on any atom is -0.308 e. The van der Waals surface area contributed by atoms with Gasteiger partial charge in [0.25, 0.3) is 0 Å². The zero-order valence-electron chi connectivity index (χ0n) is 29.5. The topological polar surface area (TPSA) is 56.0 Å². The Hall–Kier alpha value is -7.50. The molecule has 0 radical (unpaired) electrons. The van der Waals surface area contributed by atoms with Gasteiger partial charge in [-0.3, -0.25) is 0 Å². The van der Waals surface area contributed by atoms with Gasteiger partial charge < -0.3 is 4.40 Å². The Kier molecular flexibility index (Phi) is 6.27. The third-order valence-electron chi connectivity index (χ3n) is 11.1. The third kappa shape index (κ3) is 4.47. The third-order valence-corrected chi connectivity index (χ3v) is 11.1. The largest absolute Gasteiger partial charge is 0.308 e. The molecule has 4 heterocycles. The fourth-order valence-corrected chi connectivity index (χ4v) is 8.64. The molecule has 5 nitrogen and oxygen atoms in total. The smallest absolute Gasteiger partial charge is 0.160 e. The normalized spacial score (nSPS) is 12.0. The molecular weight excluding hydrogens is 671 g/mol. The Morgan fingerprint density at radius 1 is 0.327 bits per heavy atom. The number of aromatic nitrogens is 5. The number of nitrogens with zero attached hydrogens (tertiary/aromatic N) is 5. The summed E-state index contributed by atoms with van der Waals surface area (Å²) in [6.07, 6.45) is 0. The van der Waals surface area contributed by atoms with Gasteiger partial charge in [-0.25, -0.2) is 19.9 Å². The van der Waals surface area contributed by atoms with Crippen molar-refractivity contribution in [1.82, 2.24) is 24.3 Å². The fraction of sp³-hybridized carbons (Fsp3) is 0. The Labute approximate surface area is 315 Å². The van der Waals surface area contributed by atoms with E-state index in [9.17, 15) is 0 Å². The second kappa shape index (κ2) is 11.5. The summed E-state index contributed by atoms with van der Waals surface area (Å²) in [5.74, 6) is 1.41. The highest BCUT2D eigenvalue weighted by molar-refractivity contribution is 6.28. The number of hydrogen-bond acceptors (Lipinski definition) is 4. The van der Waals surface area contributed by atoms with Crippen LogP contribution in [-0.2, 0) is 0 Å². The molecule has 0 unspecified atom stereocenters. The summed E-state index contributed by atoms with van der Waals surface area (Å²) in [4.78, 5) is 20.9. The van der Waals surface area contributed by atoms with Crippen LogP contribution in [0, 0.1) is 0 Å². The lowest BCUT2D eigenvalue weighted by atomic mass is 9.97. The Morgan fingerprint density at radius 3 is 1.53 bits per heavy atom. The summed E-state index contributed by atoms with van der Waals surface area (Å²) in [5, 5.41) is 9.20. The first-order chi connectivity index (χ1) is 27.3. The molecule has 0 aliphatic carbocycles. The van der Waals surface area contributed by atoms with Crippen LogP contribution in [0.1, 0.15) is 0 Å². The number of para-hydroxylation sites is 2. The Bertz CT molecular complexity index is 3470. The molecule has 0 atom stereocenters. The summed E-state index contributed by atoms with van der Waals surface area (Å²) in [6.45, 7) is 0. The maximum absolute atomic E-state index is 5.30. The van der Waals surface area contributed by atoms with E-state index in [2.05, 4.69) is 156 Å². The minimum atomic E-state index is 0.700. The van der Waals surface area contributed by atoms with E-state index < -0.39 is 0 Å². The summed E-state index contributed by atoms with van der Waals surface area (Å²) in [6, 6.07) is 61.9. The summed E-state index contributed by atoms with van der Waals surface area (Å²) < 4.78 is 2.44. The maximum atomic E-state index is 5.30. The van der Waals surface area contributed by atoms with Crippen molar-refractivity contribution in [3.63, 3.8) is 0 Å². The molecule has 0 aliphatic heterocycles. The summed E-state index contributed by atoms with van der Waals surface area (Å²) >= 11 is 0. The van der Waals surface area contributed by atoms with Crippen molar-refractivity contribution in [2.24, 2.45) is 0 Å². The zero-order chi connectivity index (χ0) is 36.0. The van der Waals surface area contributed by atoms with Crippen LogP contribution in [0.5, 0.6) is 0 Å². The molecule has 0 fully saturated rings. The van der Waals surface area contributed by atoms with Gasteiger partial charge in [0.2, 0.25) is 0 Å². The number of hydrogen-bond donors (Lipinski definition) is 0. The van der Waals surface area contributed by atoms with Crippen molar-refractivity contribution in [3.05, 3.63) is 176 Å². The van der Waals surface area contributed by atoms with E-state index >= 15 is 0 Å². The Balaban J connectivity index is 1.17. The van der Waals surface area contributed by atoms with E-state index in [1.807, 2.05) is 24.3 Å². The first-order valence-electron chi connectivity index (χ1n) is 18.6. The predicted molar refractivity (Wildman–Crippen MR) is 227 cm³/mol. The predicted octanol–water partition coefficient (Wildman–Crippen LogP) is 12.5. The molecule has 0 N–H and O–H groups in total. The minimum absolute atomic E-state index is 0.700. The number of rotatable bonds is 4. The molecule has 0 aliphatic rings. The fourth-order valence-electron chi connectivity index (χ4n) is 8.64. The molecule has 0 saturated carbocycles. The summed E-state index contributed by atoms with van der Waals surface area (Å²) in [7, 11) is 0. The van der Waals surface area contributed by atoms with Crippen molar-refractivity contribution in [3.8, 4) is 45.3 Å². The molecule has 5 heteroatoms. The van der Waals surface area contributed by atoms with Gasteiger partial charge in [0.1, 0.15) is 0 Å². The lowest BCUT2D eigenvalue weighted by Crippen LogP contribution is -1.97. The van der Waals surface area contributed by atoms with Crippen molar-refractivity contribution in [1.29, 1.82) is 0 Å². The van der Waals surface area contributed by atoms with Crippen LogP contribution < -0.4 is 0 Å². The number of pyridine rings is 1. The van der Waals surface area contributed by atoms with Gasteiger partial charge in [-0.05, 0) is 47.2 Å². The molecule has 0 bridgehead atoms. The first kappa shape index (κ1) is 30.0. The van der Waals surface area contributed by atoms with Gasteiger partial charge in [0, 0.05) is 54.6 Å². The van der Waals surface area contributed by atoms with Crippen LogP contribution in [0.15, 0.2) is 176 Å². The highest BCUT2D eigenvalue weighted by Gasteiger charge is 2.22. The lowest BCUT2D eigenvalue weighted by molar-refractivity contribution is 1.23.